The summed E-state index contributed by atoms with van der Waals surface area (Å²) in [5.74, 6) is 1.96. The van der Waals surface area contributed by atoms with Crippen LogP contribution in [0, 0.1) is 0 Å². The maximum atomic E-state index is 12.1. The molecule has 5 rings (SSSR count). The number of amides is 1. The summed E-state index contributed by atoms with van der Waals surface area (Å²) in [6.45, 7) is 0. The number of hydrogen-bond donors (Lipinski definition) is 1. The standard InChI is InChI=1S/C14H14BrNO3.C11H12O2/c1-19-11-3-2-10(15)9-7-14(5-4-8(9)11)12(17)6-13(18)16-14;1-13-11-4-2-3-8-7-9(12)5-6-10(8)11/h2-3H,4-7H2,1H3,(H,16,18);2-4H,5-7H2,1H3. The molecule has 1 spiro atoms. The number of carbonyl (C=O) groups excluding carboxylic acids is 3. The Morgan fingerprint density at radius 1 is 0.875 bits per heavy atom. The number of benzene rings is 2. The summed E-state index contributed by atoms with van der Waals surface area (Å²) in [5, 5.41) is 2.87. The van der Waals surface area contributed by atoms with Gasteiger partial charge in [0.2, 0.25) is 5.91 Å². The molecule has 2 aromatic carbocycles. The van der Waals surface area contributed by atoms with Gasteiger partial charge < -0.3 is 14.8 Å². The quantitative estimate of drug-likeness (QED) is 0.639. The van der Waals surface area contributed by atoms with Crippen LogP contribution in [0.15, 0.2) is 34.8 Å². The van der Waals surface area contributed by atoms with Gasteiger partial charge in [-0.2, -0.15) is 0 Å². The zero-order valence-corrected chi connectivity index (χ0v) is 19.8. The zero-order valence-electron chi connectivity index (χ0n) is 18.3. The summed E-state index contributed by atoms with van der Waals surface area (Å²) in [4.78, 5) is 34.8. The maximum absolute atomic E-state index is 12.1. The third kappa shape index (κ3) is 4.18. The first-order chi connectivity index (χ1) is 15.4. The number of ether oxygens (including phenoxy) is 2. The van der Waals surface area contributed by atoms with Crippen LogP contribution in [0.25, 0.3) is 0 Å². The highest BCUT2D eigenvalue weighted by Crippen LogP contribution is 2.40. The predicted molar refractivity (Wildman–Crippen MR) is 123 cm³/mol. The van der Waals surface area contributed by atoms with Crippen molar-refractivity contribution in [3.8, 4) is 11.5 Å². The van der Waals surface area contributed by atoms with Gasteiger partial charge in [0.15, 0.2) is 5.78 Å². The SMILES string of the molecule is COc1ccc(Br)c2c1CCC1(C2)NC(=O)CC1=O.COc1cccc2c1CCC(=O)C2. The molecule has 7 heteroatoms. The first-order valence-electron chi connectivity index (χ1n) is 10.7. The number of Topliss-reactive ketones (excluding diaryl/α,β-unsaturated/α-hetero) is 2. The van der Waals surface area contributed by atoms with E-state index in [4.69, 9.17) is 9.47 Å². The average Bonchev–Trinajstić information content (AvgIpc) is 3.06. The normalized spacial score (nSPS) is 21.3. The van der Waals surface area contributed by atoms with Gasteiger partial charge in [-0.25, -0.2) is 0 Å². The van der Waals surface area contributed by atoms with Gasteiger partial charge in [0.25, 0.3) is 0 Å². The first-order valence-corrected chi connectivity index (χ1v) is 11.5. The van der Waals surface area contributed by atoms with Gasteiger partial charge in [0, 0.05) is 23.7 Å². The summed E-state index contributed by atoms with van der Waals surface area (Å²) in [6, 6.07) is 9.76. The minimum Gasteiger partial charge on any atom is -0.496 e. The molecule has 0 aromatic heterocycles. The highest BCUT2D eigenvalue weighted by molar-refractivity contribution is 9.10. The van der Waals surface area contributed by atoms with Crippen molar-refractivity contribution in [3.63, 3.8) is 0 Å². The second kappa shape index (κ2) is 9.06. The Hall–Kier alpha value is -2.67. The van der Waals surface area contributed by atoms with Crippen molar-refractivity contribution < 1.29 is 23.9 Å². The second-order valence-corrected chi connectivity index (χ2v) is 9.28. The Kier molecular flexibility index (Phi) is 6.38. The molecule has 0 bridgehead atoms. The third-order valence-corrected chi connectivity index (χ3v) is 7.30. The molecule has 1 heterocycles. The number of fused-ring (bicyclic) bond motifs is 2. The second-order valence-electron chi connectivity index (χ2n) is 8.43. The molecule has 0 saturated carbocycles. The Morgan fingerprint density at radius 3 is 2.31 bits per heavy atom. The number of methoxy groups -OCH3 is 2. The lowest BCUT2D eigenvalue weighted by atomic mass is 9.76. The summed E-state index contributed by atoms with van der Waals surface area (Å²) >= 11 is 3.53. The first kappa shape index (κ1) is 22.5. The smallest absolute Gasteiger partial charge is 0.228 e. The van der Waals surface area contributed by atoms with E-state index in [0.29, 0.717) is 31.5 Å². The molecule has 1 aliphatic heterocycles. The van der Waals surface area contributed by atoms with Crippen LogP contribution in [0.2, 0.25) is 0 Å². The molecular formula is C25H26BrNO5. The van der Waals surface area contributed by atoms with Gasteiger partial charge in [0.1, 0.15) is 22.8 Å². The van der Waals surface area contributed by atoms with Crippen molar-refractivity contribution >= 4 is 33.4 Å². The number of carbonyl (C=O) groups is 3. The molecule has 1 fully saturated rings. The largest absolute Gasteiger partial charge is 0.496 e. The van der Waals surface area contributed by atoms with E-state index in [1.807, 2.05) is 30.3 Å². The van der Waals surface area contributed by atoms with Crippen molar-refractivity contribution in [2.45, 2.75) is 50.5 Å². The van der Waals surface area contributed by atoms with Crippen LogP contribution in [0.4, 0.5) is 0 Å². The number of hydrogen-bond acceptors (Lipinski definition) is 5. The van der Waals surface area contributed by atoms with Crippen molar-refractivity contribution in [1.82, 2.24) is 5.32 Å². The van der Waals surface area contributed by atoms with Crippen molar-refractivity contribution in [3.05, 3.63) is 57.1 Å². The molecule has 2 aromatic rings. The van der Waals surface area contributed by atoms with Crippen LogP contribution in [0.5, 0.6) is 11.5 Å². The summed E-state index contributed by atoms with van der Waals surface area (Å²) in [5.41, 5.74) is 3.86. The fraction of sp³-hybridized carbons (Fsp3) is 0.400. The Bertz CT molecular complexity index is 1100. The average molecular weight is 500 g/mol. The number of rotatable bonds is 2. The lowest BCUT2D eigenvalue weighted by Crippen LogP contribution is -2.50. The third-order valence-electron chi connectivity index (χ3n) is 6.56. The molecule has 1 unspecified atom stereocenters. The molecule has 32 heavy (non-hydrogen) atoms. The molecule has 168 valence electrons. The van der Waals surface area contributed by atoms with Crippen LogP contribution >= 0.6 is 15.9 Å². The van der Waals surface area contributed by atoms with Crippen molar-refractivity contribution in [2.24, 2.45) is 0 Å². The van der Waals surface area contributed by atoms with Crippen molar-refractivity contribution in [2.75, 3.05) is 14.2 Å². The lowest BCUT2D eigenvalue weighted by Gasteiger charge is -2.34. The predicted octanol–water partition coefficient (Wildman–Crippen LogP) is 3.53. The van der Waals surface area contributed by atoms with Gasteiger partial charge in [-0.3, -0.25) is 14.4 Å². The number of ketones is 2. The lowest BCUT2D eigenvalue weighted by molar-refractivity contribution is -0.123. The van der Waals surface area contributed by atoms with E-state index in [-0.39, 0.29) is 18.1 Å². The van der Waals surface area contributed by atoms with Gasteiger partial charge in [-0.1, -0.05) is 28.1 Å². The van der Waals surface area contributed by atoms with Crippen LogP contribution in [0.1, 0.15) is 41.5 Å². The van der Waals surface area contributed by atoms with Gasteiger partial charge in [-0.05, 0) is 59.7 Å². The molecule has 1 amide bonds. The minimum absolute atomic E-state index is 0.0108. The number of nitrogens with one attached hydrogen (secondary N) is 1. The van der Waals surface area contributed by atoms with Crippen LogP contribution in [-0.4, -0.2) is 37.2 Å². The molecule has 1 saturated heterocycles. The molecular weight excluding hydrogens is 474 g/mol. The van der Waals surface area contributed by atoms with E-state index in [9.17, 15) is 14.4 Å². The van der Waals surface area contributed by atoms with Crippen LogP contribution in [0.3, 0.4) is 0 Å². The Balaban J connectivity index is 0.000000165. The summed E-state index contributed by atoms with van der Waals surface area (Å²) in [7, 11) is 3.32. The summed E-state index contributed by atoms with van der Waals surface area (Å²) in [6.07, 6.45) is 4.01. The fourth-order valence-electron chi connectivity index (χ4n) is 4.89. The van der Waals surface area contributed by atoms with Crippen LogP contribution < -0.4 is 14.8 Å². The van der Waals surface area contributed by atoms with Gasteiger partial charge in [-0.15, -0.1) is 0 Å². The zero-order chi connectivity index (χ0) is 22.9. The highest BCUT2D eigenvalue weighted by atomic mass is 79.9. The molecule has 3 aliphatic rings. The summed E-state index contributed by atoms with van der Waals surface area (Å²) < 4.78 is 11.6. The Labute approximate surface area is 195 Å². The molecule has 0 radical (unpaired) electrons. The minimum atomic E-state index is -0.695. The van der Waals surface area contributed by atoms with E-state index < -0.39 is 5.54 Å². The highest BCUT2D eigenvalue weighted by Gasteiger charge is 2.48. The Morgan fingerprint density at radius 2 is 1.62 bits per heavy atom. The topological polar surface area (TPSA) is 81.7 Å². The maximum Gasteiger partial charge on any atom is 0.228 e. The van der Waals surface area contributed by atoms with Crippen molar-refractivity contribution in [1.29, 1.82) is 0 Å². The van der Waals surface area contributed by atoms with Crippen LogP contribution in [-0.2, 0) is 40.1 Å². The monoisotopic (exact) mass is 499 g/mol. The van der Waals surface area contributed by atoms with E-state index >= 15 is 0 Å². The van der Waals surface area contributed by atoms with E-state index in [2.05, 4.69) is 21.2 Å². The van der Waals surface area contributed by atoms with Gasteiger partial charge in [0.05, 0.1) is 20.6 Å². The molecule has 2 aliphatic carbocycles. The fourth-order valence-corrected chi connectivity index (χ4v) is 5.40. The van der Waals surface area contributed by atoms with Gasteiger partial charge >= 0.3 is 0 Å². The van der Waals surface area contributed by atoms with E-state index in [0.717, 1.165) is 45.5 Å². The molecule has 6 nitrogen and oxygen atoms in total. The number of halogens is 1. The molecule has 1 N–H and O–H groups in total. The molecule has 1 atom stereocenters. The van der Waals surface area contributed by atoms with E-state index in [1.165, 1.54) is 5.56 Å². The van der Waals surface area contributed by atoms with E-state index in [1.54, 1.807) is 14.2 Å².